The third kappa shape index (κ3) is 10.8. The van der Waals surface area contributed by atoms with Crippen LogP contribution in [0.2, 0.25) is 0 Å². The number of carbonyl (C=O) groups excluding carboxylic acids is 2. The highest BCUT2D eigenvalue weighted by molar-refractivity contribution is 7.89. The lowest BCUT2D eigenvalue weighted by Gasteiger charge is -2.35. The van der Waals surface area contributed by atoms with Crippen LogP contribution in [-0.4, -0.2) is 112 Å². The van der Waals surface area contributed by atoms with Gasteiger partial charge in [0.1, 0.15) is 5.75 Å². The maximum Gasteiger partial charge on any atom is 0.258 e. The van der Waals surface area contributed by atoms with Crippen LogP contribution in [0.1, 0.15) is 63.2 Å². The Bertz CT molecular complexity index is 1370. The van der Waals surface area contributed by atoms with Crippen molar-refractivity contribution in [3.63, 3.8) is 0 Å². The van der Waals surface area contributed by atoms with Crippen LogP contribution in [0.3, 0.4) is 0 Å². The minimum atomic E-state index is -3.76. The number of nitrogens with one attached hydrogen (secondary N) is 1. The molecule has 12 heteroatoms. The Hall–Kier alpha value is -3.03. The van der Waals surface area contributed by atoms with Crippen LogP contribution in [0.15, 0.2) is 53.4 Å². The number of anilines is 1. The lowest BCUT2D eigenvalue weighted by Crippen LogP contribution is -2.48. The zero-order valence-corrected chi connectivity index (χ0v) is 29.0. The molecule has 0 saturated heterocycles. The van der Waals surface area contributed by atoms with Gasteiger partial charge in [0.15, 0.2) is 0 Å². The normalized spacial score (nSPS) is 20.9. The van der Waals surface area contributed by atoms with Crippen molar-refractivity contribution in [1.82, 2.24) is 14.1 Å². The summed E-state index contributed by atoms with van der Waals surface area (Å²) in [6.07, 6.45) is 2.63. The molecule has 2 aromatic carbocycles. The molecule has 2 amide bonds. The van der Waals surface area contributed by atoms with E-state index in [0.717, 1.165) is 25.8 Å². The molecular weight excluding hydrogens is 608 g/mol. The molecule has 0 radical (unpaired) electrons. The number of aliphatic hydroxyl groups is 1. The number of likely N-dealkylation sites (N-methyl/N-ethyl adjacent to an activating group) is 1. The van der Waals surface area contributed by atoms with Crippen LogP contribution in [0.25, 0.3) is 0 Å². The first-order chi connectivity index (χ1) is 21.8. The summed E-state index contributed by atoms with van der Waals surface area (Å²) in [7, 11) is 1.69. The van der Waals surface area contributed by atoms with Crippen molar-refractivity contribution in [3.8, 4) is 5.75 Å². The molecule has 2 N–H and O–H groups in total. The van der Waals surface area contributed by atoms with Crippen molar-refractivity contribution >= 4 is 27.5 Å². The van der Waals surface area contributed by atoms with Gasteiger partial charge in [-0.3, -0.25) is 9.59 Å². The fraction of sp³-hybridized carbons (Fsp3) is 0.588. The molecule has 46 heavy (non-hydrogen) atoms. The SMILES string of the molecule is C[C@@H]1CCCCO[C@@H](CN(C)S(=O)(=O)c2ccccc2)[C@@H](C)CN([C@H](C)CO)C(=O)c2cc(NC(=O)CCCN(C)C)ccc2O1. The molecule has 0 spiro atoms. The van der Waals surface area contributed by atoms with Crippen LogP contribution in [0.5, 0.6) is 5.75 Å². The molecule has 0 fully saturated rings. The van der Waals surface area contributed by atoms with Crippen molar-refractivity contribution in [3.05, 3.63) is 54.1 Å². The molecule has 11 nitrogen and oxygen atoms in total. The average molecular weight is 661 g/mol. The van der Waals surface area contributed by atoms with E-state index in [2.05, 4.69) is 5.32 Å². The van der Waals surface area contributed by atoms with Crippen LogP contribution in [-0.2, 0) is 19.6 Å². The summed E-state index contributed by atoms with van der Waals surface area (Å²) >= 11 is 0. The first kappa shape index (κ1) is 37.4. The first-order valence-electron chi connectivity index (χ1n) is 16.1. The van der Waals surface area contributed by atoms with Gasteiger partial charge in [-0.1, -0.05) is 25.1 Å². The maximum absolute atomic E-state index is 14.3. The smallest absolute Gasteiger partial charge is 0.258 e. The van der Waals surface area contributed by atoms with Crippen molar-refractivity contribution in [1.29, 1.82) is 0 Å². The van der Waals surface area contributed by atoms with E-state index in [4.69, 9.17) is 9.47 Å². The van der Waals surface area contributed by atoms with E-state index in [9.17, 15) is 23.1 Å². The summed E-state index contributed by atoms with van der Waals surface area (Å²) in [6.45, 7) is 6.85. The summed E-state index contributed by atoms with van der Waals surface area (Å²) < 4.78 is 40.6. The van der Waals surface area contributed by atoms with E-state index < -0.39 is 22.2 Å². The molecule has 0 bridgehead atoms. The topological polar surface area (TPSA) is 129 Å². The Balaban J connectivity index is 1.92. The van der Waals surface area contributed by atoms with Crippen LogP contribution >= 0.6 is 0 Å². The molecular formula is C34H52N4O7S. The molecule has 0 aliphatic carbocycles. The highest BCUT2D eigenvalue weighted by Gasteiger charge is 2.32. The fourth-order valence-electron chi connectivity index (χ4n) is 5.37. The molecule has 3 rings (SSSR count). The second kappa shape index (κ2) is 17.8. The van der Waals surface area contributed by atoms with Gasteiger partial charge in [-0.2, -0.15) is 4.31 Å². The molecule has 1 heterocycles. The molecule has 4 atom stereocenters. The number of nitrogens with zero attached hydrogens (tertiary/aromatic N) is 3. The predicted molar refractivity (Wildman–Crippen MR) is 180 cm³/mol. The van der Waals surface area contributed by atoms with Crippen molar-refractivity contribution < 1.29 is 32.6 Å². The number of ether oxygens (including phenoxy) is 2. The minimum absolute atomic E-state index is 0.0913. The van der Waals surface area contributed by atoms with Gasteiger partial charge in [-0.25, -0.2) is 8.42 Å². The summed E-state index contributed by atoms with van der Waals surface area (Å²) in [4.78, 5) is 30.7. The van der Waals surface area contributed by atoms with Gasteiger partial charge in [-0.15, -0.1) is 0 Å². The third-order valence-corrected chi connectivity index (χ3v) is 10.1. The van der Waals surface area contributed by atoms with Crippen molar-refractivity contribution in [2.75, 3.05) is 59.3 Å². The van der Waals surface area contributed by atoms with E-state index in [0.29, 0.717) is 30.9 Å². The lowest BCUT2D eigenvalue weighted by molar-refractivity contribution is -0.116. The van der Waals surface area contributed by atoms with Gasteiger partial charge in [0.05, 0.1) is 35.3 Å². The molecule has 2 aromatic rings. The highest BCUT2D eigenvalue weighted by atomic mass is 32.2. The first-order valence-corrected chi connectivity index (χ1v) is 17.6. The number of hydrogen-bond donors (Lipinski definition) is 2. The quantitative estimate of drug-likeness (QED) is 0.369. The van der Waals surface area contributed by atoms with Gasteiger partial charge in [0.25, 0.3) is 5.91 Å². The summed E-state index contributed by atoms with van der Waals surface area (Å²) in [5, 5.41) is 13.1. The summed E-state index contributed by atoms with van der Waals surface area (Å²) in [6, 6.07) is 12.8. The minimum Gasteiger partial charge on any atom is -0.490 e. The van der Waals surface area contributed by atoms with Crippen molar-refractivity contribution in [2.45, 2.75) is 76.0 Å². The summed E-state index contributed by atoms with van der Waals surface area (Å²) in [5.41, 5.74) is 0.765. The monoisotopic (exact) mass is 660 g/mol. The van der Waals surface area contributed by atoms with Gasteiger partial charge < -0.3 is 29.7 Å². The highest BCUT2D eigenvalue weighted by Crippen LogP contribution is 2.29. The Morgan fingerprint density at radius 2 is 1.83 bits per heavy atom. The number of carbonyl (C=O) groups is 2. The standard InChI is InChI=1S/C34H52N4O7S/c1-25-22-38(26(2)24-39)34(41)30-21-28(35-33(40)16-12-19-36(4)5)17-18-31(30)45-27(3)13-10-11-20-44-32(25)23-37(6)46(42,43)29-14-8-7-9-15-29/h7-9,14-15,17-18,21,25-27,32,39H,10-13,16,19-20,22-24H2,1-6H3,(H,35,40)/t25-,26+,27+,32-/m0/s1. The van der Waals surface area contributed by atoms with Gasteiger partial charge in [0, 0.05) is 44.8 Å². The number of hydrogen-bond acceptors (Lipinski definition) is 8. The van der Waals surface area contributed by atoms with Gasteiger partial charge in [-0.05, 0) is 90.5 Å². The second-order valence-electron chi connectivity index (χ2n) is 12.6. The number of sulfonamides is 1. The molecule has 256 valence electrons. The third-order valence-electron chi connectivity index (χ3n) is 8.23. The van der Waals surface area contributed by atoms with Crippen LogP contribution in [0.4, 0.5) is 5.69 Å². The molecule has 1 aliphatic heterocycles. The molecule has 0 aromatic heterocycles. The predicted octanol–water partition coefficient (Wildman–Crippen LogP) is 4.08. The second-order valence-corrected chi connectivity index (χ2v) is 14.6. The molecule has 0 saturated carbocycles. The largest absolute Gasteiger partial charge is 0.490 e. The number of rotatable bonds is 11. The van der Waals surface area contributed by atoms with E-state index in [1.165, 1.54) is 11.4 Å². The Morgan fingerprint density at radius 1 is 1.11 bits per heavy atom. The van der Waals surface area contributed by atoms with Gasteiger partial charge in [0.2, 0.25) is 15.9 Å². The Labute approximate surface area is 274 Å². The zero-order valence-electron chi connectivity index (χ0n) is 28.1. The van der Waals surface area contributed by atoms with Crippen LogP contribution < -0.4 is 10.1 Å². The maximum atomic E-state index is 14.3. The van der Waals surface area contributed by atoms with E-state index in [-0.39, 0.29) is 54.0 Å². The number of aliphatic hydroxyl groups excluding tert-OH is 1. The molecule has 1 aliphatic rings. The fourth-order valence-corrected chi connectivity index (χ4v) is 6.57. The zero-order chi connectivity index (χ0) is 33.9. The van der Waals surface area contributed by atoms with E-state index in [1.807, 2.05) is 32.8 Å². The lowest BCUT2D eigenvalue weighted by atomic mass is 10.0. The van der Waals surface area contributed by atoms with Crippen LogP contribution in [0, 0.1) is 5.92 Å². The average Bonchev–Trinajstić information content (AvgIpc) is 3.02. The Kier molecular flexibility index (Phi) is 14.5. The van der Waals surface area contributed by atoms with Crippen molar-refractivity contribution in [2.24, 2.45) is 5.92 Å². The summed E-state index contributed by atoms with van der Waals surface area (Å²) in [5.74, 6) is -0.393. The molecule has 0 unspecified atom stereocenters. The number of amides is 2. The van der Waals surface area contributed by atoms with E-state index >= 15 is 0 Å². The van der Waals surface area contributed by atoms with E-state index in [1.54, 1.807) is 60.4 Å². The van der Waals surface area contributed by atoms with Gasteiger partial charge >= 0.3 is 0 Å². The number of fused-ring (bicyclic) bond motifs is 1. The Morgan fingerprint density at radius 3 is 2.50 bits per heavy atom. The number of benzene rings is 2.